The zero-order valence-electron chi connectivity index (χ0n) is 12.5. The van der Waals surface area contributed by atoms with E-state index in [2.05, 4.69) is 38.0 Å². The molecule has 104 valence electrons. The first-order chi connectivity index (χ1) is 8.11. The van der Waals surface area contributed by atoms with Crippen LogP contribution in [0.15, 0.2) is 0 Å². The summed E-state index contributed by atoms with van der Waals surface area (Å²) in [6.45, 7) is 9.70. The van der Waals surface area contributed by atoms with Gasteiger partial charge in [-0.1, -0.05) is 26.2 Å². The van der Waals surface area contributed by atoms with Gasteiger partial charge in [0.05, 0.1) is 6.61 Å². The minimum atomic E-state index is 0.497. The number of ether oxygens (including phenoxy) is 1. The Bertz CT molecular complexity index is 164. The molecular weight excluding hydrogens is 212 g/mol. The van der Waals surface area contributed by atoms with Crippen LogP contribution in [-0.4, -0.2) is 50.8 Å². The summed E-state index contributed by atoms with van der Waals surface area (Å²) in [4.78, 5) is 2.34. The maximum Gasteiger partial charge on any atom is 0.0615 e. The topological polar surface area (TPSA) is 24.5 Å². The van der Waals surface area contributed by atoms with Crippen LogP contribution in [0.5, 0.6) is 0 Å². The van der Waals surface area contributed by atoms with E-state index in [4.69, 9.17) is 4.74 Å². The Morgan fingerprint density at radius 3 is 2.53 bits per heavy atom. The summed E-state index contributed by atoms with van der Waals surface area (Å²) in [6, 6.07) is 1.14. The fourth-order valence-electron chi connectivity index (χ4n) is 1.88. The second kappa shape index (κ2) is 11.0. The number of nitrogens with one attached hydrogen (secondary N) is 1. The van der Waals surface area contributed by atoms with Gasteiger partial charge in [-0.15, -0.1) is 0 Å². The molecule has 0 bridgehead atoms. The average molecular weight is 244 g/mol. The van der Waals surface area contributed by atoms with Gasteiger partial charge in [0.1, 0.15) is 0 Å². The van der Waals surface area contributed by atoms with Gasteiger partial charge in [0, 0.05) is 32.3 Å². The predicted molar refractivity (Wildman–Crippen MR) is 75.6 cm³/mol. The van der Waals surface area contributed by atoms with Crippen molar-refractivity contribution in [2.75, 3.05) is 33.9 Å². The largest absolute Gasteiger partial charge is 0.383 e. The van der Waals surface area contributed by atoms with E-state index in [9.17, 15) is 0 Å². The molecule has 2 atom stereocenters. The monoisotopic (exact) mass is 244 g/mol. The molecule has 0 amide bonds. The third kappa shape index (κ3) is 9.57. The van der Waals surface area contributed by atoms with E-state index in [0.29, 0.717) is 12.1 Å². The second-order valence-corrected chi connectivity index (χ2v) is 5.14. The molecule has 0 aliphatic heterocycles. The Hall–Kier alpha value is -0.120. The standard InChI is InChI=1S/C14H32N2O/c1-6-7-8-9-13(2)15-10-11-16(4)14(3)12-17-5/h13-15H,6-12H2,1-5H3. The summed E-state index contributed by atoms with van der Waals surface area (Å²) >= 11 is 0. The van der Waals surface area contributed by atoms with Crippen molar-refractivity contribution in [1.29, 1.82) is 0 Å². The normalized spacial score (nSPS) is 15.2. The molecule has 17 heavy (non-hydrogen) atoms. The van der Waals surface area contributed by atoms with Crippen LogP contribution < -0.4 is 5.32 Å². The average Bonchev–Trinajstić information content (AvgIpc) is 2.29. The van der Waals surface area contributed by atoms with Gasteiger partial charge in [0.2, 0.25) is 0 Å². The lowest BCUT2D eigenvalue weighted by Gasteiger charge is -2.25. The third-order valence-electron chi connectivity index (χ3n) is 3.36. The van der Waals surface area contributed by atoms with Crippen LogP contribution >= 0.6 is 0 Å². The van der Waals surface area contributed by atoms with Crippen LogP contribution in [0, 0.1) is 0 Å². The van der Waals surface area contributed by atoms with Crippen molar-refractivity contribution in [1.82, 2.24) is 10.2 Å². The van der Waals surface area contributed by atoms with Gasteiger partial charge in [0.25, 0.3) is 0 Å². The highest BCUT2D eigenvalue weighted by Crippen LogP contribution is 2.02. The second-order valence-electron chi connectivity index (χ2n) is 5.14. The number of unbranched alkanes of at least 4 members (excludes halogenated alkanes) is 2. The summed E-state index contributed by atoms with van der Waals surface area (Å²) in [5.41, 5.74) is 0. The van der Waals surface area contributed by atoms with Crippen molar-refractivity contribution in [2.45, 2.75) is 58.5 Å². The molecule has 0 aromatic carbocycles. The van der Waals surface area contributed by atoms with E-state index in [0.717, 1.165) is 19.7 Å². The van der Waals surface area contributed by atoms with E-state index >= 15 is 0 Å². The van der Waals surface area contributed by atoms with E-state index in [-0.39, 0.29) is 0 Å². The molecule has 0 aliphatic carbocycles. The number of methoxy groups -OCH3 is 1. The number of likely N-dealkylation sites (N-methyl/N-ethyl adjacent to an activating group) is 1. The first-order valence-corrected chi connectivity index (χ1v) is 7.04. The van der Waals surface area contributed by atoms with Gasteiger partial charge < -0.3 is 15.0 Å². The lowest BCUT2D eigenvalue weighted by Crippen LogP contribution is -2.39. The van der Waals surface area contributed by atoms with Crippen LogP contribution in [0.4, 0.5) is 0 Å². The Morgan fingerprint density at radius 2 is 1.94 bits per heavy atom. The van der Waals surface area contributed by atoms with Crippen molar-refractivity contribution in [3.63, 3.8) is 0 Å². The molecule has 0 aromatic rings. The number of hydrogen-bond donors (Lipinski definition) is 1. The molecule has 1 N–H and O–H groups in total. The van der Waals surface area contributed by atoms with Crippen LogP contribution in [0.2, 0.25) is 0 Å². The van der Waals surface area contributed by atoms with E-state index in [1.54, 1.807) is 7.11 Å². The minimum absolute atomic E-state index is 0.497. The fourth-order valence-corrected chi connectivity index (χ4v) is 1.88. The van der Waals surface area contributed by atoms with E-state index in [1.807, 2.05) is 0 Å². The molecule has 0 aliphatic rings. The summed E-state index contributed by atoms with van der Waals surface area (Å²) in [7, 11) is 3.92. The Kier molecular flexibility index (Phi) is 10.9. The molecular formula is C14H32N2O. The minimum Gasteiger partial charge on any atom is -0.383 e. The summed E-state index contributed by atoms with van der Waals surface area (Å²) in [6.07, 6.45) is 5.31. The molecule has 3 heteroatoms. The zero-order valence-corrected chi connectivity index (χ0v) is 12.5. The van der Waals surface area contributed by atoms with E-state index < -0.39 is 0 Å². The van der Waals surface area contributed by atoms with Crippen LogP contribution in [-0.2, 0) is 4.74 Å². The van der Waals surface area contributed by atoms with Crippen LogP contribution in [0.3, 0.4) is 0 Å². The maximum atomic E-state index is 5.16. The molecule has 0 fully saturated rings. The highest BCUT2D eigenvalue weighted by molar-refractivity contribution is 4.66. The Morgan fingerprint density at radius 1 is 1.24 bits per heavy atom. The van der Waals surface area contributed by atoms with Gasteiger partial charge >= 0.3 is 0 Å². The maximum absolute atomic E-state index is 5.16. The fraction of sp³-hybridized carbons (Fsp3) is 1.00. The van der Waals surface area contributed by atoms with Crippen molar-refractivity contribution in [3.05, 3.63) is 0 Å². The summed E-state index contributed by atoms with van der Waals surface area (Å²) < 4.78 is 5.16. The smallest absolute Gasteiger partial charge is 0.0615 e. The van der Waals surface area contributed by atoms with Crippen LogP contribution in [0.25, 0.3) is 0 Å². The molecule has 0 saturated carbocycles. The Labute approximate surface area is 108 Å². The molecule has 0 rings (SSSR count). The molecule has 3 nitrogen and oxygen atoms in total. The van der Waals surface area contributed by atoms with Gasteiger partial charge in [-0.25, -0.2) is 0 Å². The third-order valence-corrected chi connectivity index (χ3v) is 3.36. The zero-order chi connectivity index (χ0) is 13.1. The highest BCUT2D eigenvalue weighted by atomic mass is 16.5. The quantitative estimate of drug-likeness (QED) is 0.565. The lowest BCUT2D eigenvalue weighted by atomic mass is 10.1. The number of hydrogen-bond acceptors (Lipinski definition) is 3. The summed E-state index contributed by atoms with van der Waals surface area (Å²) in [5, 5.41) is 3.59. The van der Waals surface area contributed by atoms with Gasteiger partial charge in [-0.05, 0) is 27.3 Å². The molecule has 0 spiro atoms. The number of nitrogens with zero attached hydrogens (tertiary/aromatic N) is 1. The van der Waals surface area contributed by atoms with Gasteiger partial charge in [-0.3, -0.25) is 0 Å². The molecule has 0 radical (unpaired) electrons. The van der Waals surface area contributed by atoms with Crippen molar-refractivity contribution in [2.24, 2.45) is 0 Å². The Balaban J connectivity index is 3.47. The molecule has 2 unspecified atom stereocenters. The van der Waals surface area contributed by atoms with Crippen molar-refractivity contribution >= 4 is 0 Å². The van der Waals surface area contributed by atoms with Gasteiger partial charge in [-0.2, -0.15) is 0 Å². The first-order valence-electron chi connectivity index (χ1n) is 7.04. The van der Waals surface area contributed by atoms with Gasteiger partial charge in [0.15, 0.2) is 0 Å². The van der Waals surface area contributed by atoms with Crippen LogP contribution in [0.1, 0.15) is 46.5 Å². The van der Waals surface area contributed by atoms with Crippen molar-refractivity contribution < 1.29 is 4.74 Å². The molecule has 0 saturated heterocycles. The summed E-state index contributed by atoms with van der Waals surface area (Å²) in [5.74, 6) is 0. The molecule has 0 heterocycles. The SMILES string of the molecule is CCCCCC(C)NCCN(C)C(C)COC. The lowest BCUT2D eigenvalue weighted by molar-refractivity contribution is 0.115. The number of rotatable bonds is 11. The molecule has 0 aromatic heterocycles. The van der Waals surface area contributed by atoms with Crippen molar-refractivity contribution in [3.8, 4) is 0 Å². The first kappa shape index (κ1) is 16.9. The van der Waals surface area contributed by atoms with E-state index in [1.165, 1.54) is 25.7 Å². The predicted octanol–water partition coefficient (Wildman–Crippen LogP) is 2.51. The highest BCUT2D eigenvalue weighted by Gasteiger charge is 2.08.